The van der Waals surface area contributed by atoms with E-state index in [0.29, 0.717) is 5.56 Å². The molecular weight excluding hydrogens is 330 g/mol. The molecule has 0 aliphatic rings. The molecule has 0 saturated carbocycles. The van der Waals surface area contributed by atoms with E-state index < -0.39 is 0 Å². The van der Waals surface area contributed by atoms with Crippen LogP contribution >= 0.6 is 23.1 Å². The van der Waals surface area contributed by atoms with Gasteiger partial charge in [0, 0.05) is 21.6 Å². The molecule has 2 aromatic rings. The summed E-state index contributed by atoms with van der Waals surface area (Å²) in [6, 6.07) is 11.3. The summed E-state index contributed by atoms with van der Waals surface area (Å²) in [5.74, 6) is 0.327. The average molecular weight is 349 g/mol. The van der Waals surface area contributed by atoms with Crippen molar-refractivity contribution in [3.05, 3.63) is 52.2 Å². The number of rotatable bonds is 7. The van der Waals surface area contributed by atoms with Crippen LogP contribution in [0, 0.1) is 0 Å². The number of thioether (sulfide) groups is 1. The monoisotopic (exact) mass is 349 g/mol. The van der Waals surface area contributed by atoms with Crippen LogP contribution in [-0.2, 0) is 15.3 Å². The number of methoxy groups -OCH3 is 1. The van der Waals surface area contributed by atoms with Gasteiger partial charge in [-0.25, -0.2) is 0 Å². The number of hydrogen-bond donors (Lipinski definition) is 1. The highest BCUT2D eigenvalue weighted by molar-refractivity contribution is 7.98. The molecule has 0 saturated heterocycles. The highest BCUT2D eigenvalue weighted by atomic mass is 32.2. The molecule has 0 aliphatic carbocycles. The Labute approximate surface area is 144 Å². The Morgan fingerprint density at radius 2 is 2.04 bits per heavy atom. The lowest BCUT2D eigenvalue weighted by Gasteiger charge is -2.14. The molecule has 0 fully saturated rings. The van der Waals surface area contributed by atoms with Gasteiger partial charge in [-0.05, 0) is 30.5 Å². The molecule has 1 amide bonds. The van der Waals surface area contributed by atoms with Crippen LogP contribution in [0.3, 0.4) is 0 Å². The minimum absolute atomic E-state index is 0.159. The standard InChI is InChI=1S/C17H19NO3S2/c1-12(10-16(19)21-2)18-17(20)14-7-3-4-8-15(14)23-11-13-6-5-9-22-13/h3-9,12H,10-11H2,1-2H3,(H,18,20). The van der Waals surface area contributed by atoms with E-state index in [1.54, 1.807) is 36.1 Å². The Bertz CT molecular complexity index is 656. The third-order valence-electron chi connectivity index (χ3n) is 3.16. The largest absolute Gasteiger partial charge is 0.469 e. The van der Waals surface area contributed by atoms with Gasteiger partial charge in [0.05, 0.1) is 19.1 Å². The topological polar surface area (TPSA) is 55.4 Å². The molecular formula is C17H19NO3S2. The molecule has 23 heavy (non-hydrogen) atoms. The SMILES string of the molecule is COC(=O)CC(C)NC(=O)c1ccccc1SCc1cccs1. The Morgan fingerprint density at radius 1 is 1.26 bits per heavy atom. The summed E-state index contributed by atoms with van der Waals surface area (Å²) < 4.78 is 4.62. The van der Waals surface area contributed by atoms with Crippen LogP contribution in [0.25, 0.3) is 0 Å². The van der Waals surface area contributed by atoms with Crippen molar-refractivity contribution in [2.24, 2.45) is 0 Å². The number of thiophene rings is 1. The Balaban J connectivity index is 2.00. The number of ether oxygens (including phenoxy) is 1. The molecule has 0 aliphatic heterocycles. The zero-order chi connectivity index (χ0) is 16.7. The van der Waals surface area contributed by atoms with E-state index in [1.807, 2.05) is 29.6 Å². The molecule has 0 spiro atoms. The van der Waals surface area contributed by atoms with Gasteiger partial charge in [-0.1, -0.05) is 18.2 Å². The van der Waals surface area contributed by atoms with Gasteiger partial charge in [-0.2, -0.15) is 0 Å². The number of benzene rings is 1. The lowest BCUT2D eigenvalue weighted by atomic mass is 10.2. The van der Waals surface area contributed by atoms with Gasteiger partial charge in [0.15, 0.2) is 0 Å². The average Bonchev–Trinajstić information content (AvgIpc) is 3.06. The third-order valence-corrected chi connectivity index (χ3v) is 5.34. The van der Waals surface area contributed by atoms with Gasteiger partial charge in [-0.3, -0.25) is 9.59 Å². The Kier molecular flexibility index (Phi) is 6.67. The van der Waals surface area contributed by atoms with Crippen molar-refractivity contribution in [3.8, 4) is 0 Å². The van der Waals surface area contributed by atoms with Gasteiger partial charge >= 0.3 is 5.97 Å². The minimum Gasteiger partial charge on any atom is -0.469 e. The second-order valence-electron chi connectivity index (χ2n) is 5.02. The highest BCUT2D eigenvalue weighted by Gasteiger charge is 2.16. The van der Waals surface area contributed by atoms with Crippen molar-refractivity contribution in [1.82, 2.24) is 5.32 Å². The van der Waals surface area contributed by atoms with Crippen LogP contribution in [0.15, 0.2) is 46.7 Å². The van der Waals surface area contributed by atoms with Crippen LogP contribution < -0.4 is 5.32 Å². The summed E-state index contributed by atoms with van der Waals surface area (Å²) >= 11 is 3.34. The number of esters is 1. The van der Waals surface area contributed by atoms with Crippen molar-refractivity contribution in [2.75, 3.05) is 7.11 Å². The summed E-state index contributed by atoms with van der Waals surface area (Å²) in [5, 5.41) is 4.89. The van der Waals surface area contributed by atoms with Crippen molar-refractivity contribution in [2.45, 2.75) is 30.0 Å². The molecule has 2 rings (SSSR count). The molecule has 6 heteroatoms. The van der Waals surface area contributed by atoms with Crippen molar-refractivity contribution < 1.29 is 14.3 Å². The Morgan fingerprint density at radius 3 is 2.74 bits per heavy atom. The lowest BCUT2D eigenvalue weighted by molar-refractivity contribution is -0.141. The first-order valence-corrected chi connectivity index (χ1v) is 9.08. The van der Waals surface area contributed by atoms with Gasteiger partial charge < -0.3 is 10.1 Å². The molecule has 0 radical (unpaired) electrons. The van der Waals surface area contributed by atoms with E-state index in [9.17, 15) is 9.59 Å². The van der Waals surface area contributed by atoms with Crippen LogP contribution in [0.1, 0.15) is 28.6 Å². The number of carbonyl (C=O) groups excluding carboxylic acids is 2. The number of hydrogen-bond acceptors (Lipinski definition) is 5. The van der Waals surface area contributed by atoms with E-state index in [-0.39, 0.29) is 24.3 Å². The van der Waals surface area contributed by atoms with E-state index in [4.69, 9.17) is 0 Å². The predicted octanol–water partition coefficient (Wildman–Crippen LogP) is 3.72. The van der Waals surface area contributed by atoms with E-state index >= 15 is 0 Å². The fraction of sp³-hybridized carbons (Fsp3) is 0.294. The first-order chi connectivity index (χ1) is 11.1. The molecule has 122 valence electrons. The maximum absolute atomic E-state index is 12.4. The molecule has 1 atom stereocenters. The van der Waals surface area contributed by atoms with Gasteiger partial charge in [-0.15, -0.1) is 23.1 Å². The smallest absolute Gasteiger partial charge is 0.307 e. The number of nitrogens with one attached hydrogen (secondary N) is 1. The highest BCUT2D eigenvalue weighted by Crippen LogP contribution is 2.28. The second-order valence-corrected chi connectivity index (χ2v) is 7.07. The maximum atomic E-state index is 12.4. The van der Waals surface area contributed by atoms with Gasteiger partial charge in [0.2, 0.25) is 0 Å². The molecule has 1 aromatic heterocycles. The predicted molar refractivity (Wildman–Crippen MR) is 93.9 cm³/mol. The van der Waals surface area contributed by atoms with Crippen LogP contribution in [0.5, 0.6) is 0 Å². The van der Waals surface area contributed by atoms with Crippen molar-refractivity contribution >= 4 is 35.0 Å². The fourth-order valence-electron chi connectivity index (χ4n) is 2.01. The minimum atomic E-state index is -0.335. The quantitative estimate of drug-likeness (QED) is 0.611. The zero-order valence-corrected chi connectivity index (χ0v) is 14.7. The summed E-state index contributed by atoms with van der Waals surface area (Å²) in [4.78, 5) is 25.9. The molecule has 0 bridgehead atoms. The maximum Gasteiger partial charge on any atom is 0.307 e. The third kappa shape index (κ3) is 5.41. The van der Waals surface area contributed by atoms with Gasteiger partial charge in [0.25, 0.3) is 5.91 Å². The normalized spacial score (nSPS) is 11.7. The summed E-state index contributed by atoms with van der Waals surface area (Å²) in [6.45, 7) is 1.79. The van der Waals surface area contributed by atoms with Crippen molar-refractivity contribution in [3.63, 3.8) is 0 Å². The van der Waals surface area contributed by atoms with Crippen LogP contribution in [-0.4, -0.2) is 25.0 Å². The van der Waals surface area contributed by atoms with E-state index in [1.165, 1.54) is 12.0 Å². The van der Waals surface area contributed by atoms with E-state index in [0.717, 1.165) is 10.6 Å². The zero-order valence-electron chi connectivity index (χ0n) is 13.1. The molecule has 1 unspecified atom stereocenters. The number of amides is 1. The molecule has 1 N–H and O–H groups in total. The van der Waals surface area contributed by atoms with Crippen LogP contribution in [0.2, 0.25) is 0 Å². The Hall–Kier alpha value is -1.79. The number of carbonyl (C=O) groups is 2. The molecule has 4 nitrogen and oxygen atoms in total. The fourth-order valence-corrected chi connectivity index (χ4v) is 3.83. The summed E-state index contributed by atoms with van der Waals surface area (Å²) in [6.07, 6.45) is 0.159. The lowest BCUT2D eigenvalue weighted by Crippen LogP contribution is -2.34. The van der Waals surface area contributed by atoms with Crippen LogP contribution in [0.4, 0.5) is 0 Å². The van der Waals surface area contributed by atoms with E-state index in [2.05, 4.69) is 16.1 Å². The first kappa shape index (κ1) is 17.6. The van der Waals surface area contributed by atoms with Crippen molar-refractivity contribution in [1.29, 1.82) is 0 Å². The molecule has 1 heterocycles. The molecule has 1 aromatic carbocycles. The second kappa shape index (κ2) is 8.74. The summed E-state index contributed by atoms with van der Waals surface area (Å²) in [7, 11) is 1.34. The van der Waals surface area contributed by atoms with Gasteiger partial charge in [0.1, 0.15) is 0 Å². The first-order valence-electron chi connectivity index (χ1n) is 7.22. The summed E-state index contributed by atoms with van der Waals surface area (Å²) in [5.41, 5.74) is 0.630.